The van der Waals surface area contributed by atoms with E-state index in [9.17, 15) is 66.4 Å². The molecule has 47 heavy (non-hydrogen) atoms. The molecule has 5 aliphatic rings. The first-order chi connectivity index (χ1) is 22.3. The largest absolute Gasteiger partial charge is 0.472 e. The normalized spacial score (nSPS) is 51.7. The van der Waals surface area contributed by atoms with Crippen LogP contribution in [0.2, 0.25) is 0 Å². The molecule has 1 aliphatic carbocycles. The highest BCUT2D eigenvalue weighted by Crippen LogP contribution is 2.48. The third-order valence-corrected chi connectivity index (χ3v) is 9.12. The minimum atomic E-state index is -2.02. The van der Waals surface area contributed by atoms with E-state index in [1.165, 1.54) is 12.2 Å². The number of hydrogen-bond donors (Lipinski definition) is 13. The molecule has 19 atom stereocenters. The Morgan fingerprint density at radius 1 is 0.574 bits per heavy atom. The van der Waals surface area contributed by atoms with Gasteiger partial charge in [-0.2, -0.15) is 0 Å². The first-order valence-corrected chi connectivity index (χ1v) is 14.9. The first kappa shape index (κ1) is 36.8. The fraction of sp³-hybridized carbons (Fsp3) is 0.852. The van der Waals surface area contributed by atoms with Crippen molar-refractivity contribution in [3.05, 3.63) is 24.0 Å². The van der Waals surface area contributed by atoms with Gasteiger partial charge in [-0.05, 0) is 11.6 Å². The Kier molecular flexibility index (Phi) is 11.6. The Hall–Kier alpha value is -1.48. The predicted molar refractivity (Wildman–Crippen MR) is 144 cm³/mol. The number of ether oxygens (including phenoxy) is 7. The average molecular weight is 687 g/mol. The molecule has 0 bridgehead atoms. The summed E-state index contributed by atoms with van der Waals surface area (Å²) in [4.78, 5) is 0. The zero-order valence-electron chi connectivity index (χ0n) is 24.6. The van der Waals surface area contributed by atoms with Gasteiger partial charge in [0.25, 0.3) is 0 Å². The summed E-state index contributed by atoms with van der Waals surface area (Å²) in [5.74, 6) is -1.31. The van der Waals surface area contributed by atoms with E-state index < -0.39 is 142 Å². The van der Waals surface area contributed by atoms with Gasteiger partial charge in [-0.15, -0.1) is 0 Å². The predicted octanol–water partition coefficient (Wildman–Crippen LogP) is -8.04. The minimum Gasteiger partial charge on any atom is -0.472 e. The van der Waals surface area contributed by atoms with E-state index in [-0.39, 0.29) is 5.57 Å². The van der Waals surface area contributed by atoms with Crippen LogP contribution in [0.4, 0.5) is 0 Å². The maximum absolute atomic E-state index is 11.3. The fourth-order valence-electron chi connectivity index (χ4n) is 6.39. The molecule has 0 aromatic heterocycles. The van der Waals surface area contributed by atoms with Gasteiger partial charge in [0.15, 0.2) is 18.9 Å². The van der Waals surface area contributed by atoms with Crippen LogP contribution in [0.1, 0.15) is 0 Å². The Morgan fingerprint density at radius 3 is 1.57 bits per heavy atom. The van der Waals surface area contributed by atoms with E-state index >= 15 is 0 Å². The van der Waals surface area contributed by atoms with Crippen LogP contribution in [-0.4, -0.2) is 203 Å². The zero-order valence-corrected chi connectivity index (χ0v) is 24.6. The van der Waals surface area contributed by atoms with Crippen molar-refractivity contribution in [2.75, 3.05) is 26.4 Å². The van der Waals surface area contributed by atoms with E-state index in [4.69, 9.17) is 33.2 Å². The van der Waals surface area contributed by atoms with Gasteiger partial charge in [-0.1, -0.05) is 6.08 Å². The van der Waals surface area contributed by atoms with Gasteiger partial charge in [-0.25, -0.2) is 0 Å². The molecule has 0 radical (unpaired) electrons. The van der Waals surface area contributed by atoms with Crippen LogP contribution in [0.3, 0.4) is 0 Å². The molecule has 3 fully saturated rings. The first-order valence-electron chi connectivity index (χ1n) is 14.9. The second-order valence-electron chi connectivity index (χ2n) is 11.9. The number of fused-ring (bicyclic) bond motifs is 1. The summed E-state index contributed by atoms with van der Waals surface area (Å²) >= 11 is 0. The molecule has 0 saturated carbocycles. The highest BCUT2D eigenvalue weighted by atomic mass is 16.8. The summed E-state index contributed by atoms with van der Waals surface area (Å²) in [5, 5.41) is 134. The second-order valence-corrected chi connectivity index (χ2v) is 11.9. The third kappa shape index (κ3) is 6.59. The monoisotopic (exact) mass is 686 g/mol. The molecule has 20 nitrogen and oxygen atoms in total. The molecule has 0 unspecified atom stereocenters. The van der Waals surface area contributed by atoms with Crippen molar-refractivity contribution in [2.24, 2.45) is 5.92 Å². The summed E-state index contributed by atoms with van der Waals surface area (Å²) in [6.07, 6.45) is -26.0. The topological polar surface area (TPSA) is 328 Å². The lowest BCUT2D eigenvalue weighted by Crippen LogP contribution is -2.67. The van der Waals surface area contributed by atoms with E-state index in [1.807, 2.05) is 0 Å². The maximum Gasteiger partial charge on any atom is 0.211 e. The van der Waals surface area contributed by atoms with Crippen molar-refractivity contribution in [2.45, 2.75) is 110 Å². The SMILES string of the molecule is OCC1=C[C@@H](O)[C@]2(O[C@@H]3O[C@H](CO)[C@@H](O)[C@H](O)[C@H]3O[C@@H]3O[C@H](CO)[C@@H](O)[C@H](O)[C@H]3O)C=CO[C@@H](O[C@@H]3O[C@H](CO)[C@@H](O)[C@H](O)[C@H]3O)[C@H]12. The summed E-state index contributed by atoms with van der Waals surface area (Å²) in [5.41, 5.74) is -1.95. The second kappa shape index (κ2) is 14.8. The summed E-state index contributed by atoms with van der Waals surface area (Å²) < 4.78 is 39.8. The molecule has 0 spiro atoms. The van der Waals surface area contributed by atoms with Crippen LogP contribution >= 0.6 is 0 Å². The molecule has 3 saturated heterocycles. The van der Waals surface area contributed by atoms with E-state index in [0.717, 1.165) is 6.26 Å². The zero-order chi connectivity index (χ0) is 34.4. The average Bonchev–Trinajstić information content (AvgIpc) is 3.35. The summed E-state index contributed by atoms with van der Waals surface area (Å²) in [6.45, 7) is -3.11. The van der Waals surface area contributed by atoms with Gasteiger partial charge in [0.2, 0.25) is 6.29 Å². The third-order valence-electron chi connectivity index (χ3n) is 9.12. The highest BCUT2D eigenvalue weighted by molar-refractivity contribution is 5.34. The van der Waals surface area contributed by atoms with Crippen molar-refractivity contribution < 1.29 is 99.5 Å². The lowest BCUT2D eigenvalue weighted by atomic mass is 9.82. The van der Waals surface area contributed by atoms with E-state index in [2.05, 4.69) is 0 Å². The van der Waals surface area contributed by atoms with Crippen LogP contribution in [0.25, 0.3) is 0 Å². The van der Waals surface area contributed by atoms with Crippen LogP contribution < -0.4 is 0 Å². The van der Waals surface area contributed by atoms with Gasteiger partial charge in [0, 0.05) is 0 Å². The molecule has 13 N–H and O–H groups in total. The number of rotatable bonds is 10. The molecular weight excluding hydrogens is 644 g/mol. The van der Waals surface area contributed by atoms with Crippen molar-refractivity contribution in [1.82, 2.24) is 0 Å². The number of aliphatic hydroxyl groups is 13. The molecule has 0 amide bonds. The Labute approximate surface area is 266 Å². The molecular formula is C27H42O20. The van der Waals surface area contributed by atoms with Crippen molar-refractivity contribution in [3.63, 3.8) is 0 Å². The van der Waals surface area contributed by atoms with E-state index in [0.29, 0.717) is 0 Å². The highest BCUT2D eigenvalue weighted by Gasteiger charge is 2.61. The van der Waals surface area contributed by atoms with Crippen molar-refractivity contribution in [3.8, 4) is 0 Å². The quantitative estimate of drug-likeness (QED) is 0.0949. The van der Waals surface area contributed by atoms with Gasteiger partial charge < -0.3 is 99.5 Å². The van der Waals surface area contributed by atoms with Crippen LogP contribution in [0.5, 0.6) is 0 Å². The lowest BCUT2D eigenvalue weighted by molar-refractivity contribution is -0.388. The Morgan fingerprint density at radius 2 is 1.06 bits per heavy atom. The summed E-state index contributed by atoms with van der Waals surface area (Å²) in [6, 6.07) is 0. The van der Waals surface area contributed by atoms with Crippen LogP contribution in [0, 0.1) is 5.92 Å². The van der Waals surface area contributed by atoms with Crippen molar-refractivity contribution >= 4 is 0 Å². The van der Waals surface area contributed by atoms with Gasteiger partial charge in [-0.3, -0.25) is 0 Å². The minimum absolute atomic E-state index is 0.0675. The lowest BCUT2D eigenvalue weighted by Gasteiger charge is -2.50. The smallest absolute Gasteiger partial charge is 0.211 e. The van der Waals surface area contributed by atoms with Crippen molar-refractivity contribution in [1.29, 1.82) is 0 Å². The molecule has 20 heteroatoms. The van der Waals surface area contributed by atoms with E-state index in [1.54, 1.807) is 0 Å². The molecule has 0 aromatic rings. The standard InChI is InChI=1S/C27H42O20/c28-4-8-3-12(32)27(1-2-41-23(13(8)27)46-25-21(40)18(37)15(34)10(6-30)43-25)47-26-22(19(38)16(35)11(7-31)44-26)45-24-20(39)17(36)14(33)9(5-29)42-24/h1-3,9-26,28-40H,4-7H2/t9-,10-,11-,12-,13+,14-,15-,16-,17+,18+,19+,20-,21-,22-,23+,24+,25+,26+,27-/m1/s1. The maximum atomic E-state index is 11.3. The Bertz CT molecular complexity index is 1110. The van der Waals surface area contributed by atoms with Gasteiger partial charge in [0.05, 0.1) is 38.6 Å². The number of hydrogen-bond acceptors (Lipinski definition) is 20. The molecule has 5 rings (SSSR count). The molecule has 4 heterocycles. The molecule has 4 aliphatic heterocycles. The number of aliphatic hydroxyl groups excluding tert-OH is 13. The fourth-order valence-corrected chi connectivity index (χ4v) is 6.39. The van der Waals surface area contributed by atoms with Gasteiger partial charge >= 0.3 is 0 Å². The van der Waals surface area contributed by atoms with Crippen LogP contribution in [-0.2, 0) is 33.2 Å². The van der Waals surface area contributed by atoms with Crippen LogP contribution in [0.15, 0.2) is 24.0 Å². The summed E-state index contributed by atoms with van der Waals surface area (Å²) in [7, 11) is 0. The Balaban J connectivity index is 1.44. The molecule has 0 aromatic carbocycles. The molecule has 270 valence electrons. The van der Waals surface area contributed by atoms with Gasteiger partial charge in [0.1, 0.15) is 85.0 Å².